The molecule has 7 rings (SSSR count). The van der Waals surface area contributed by atoms with Crippen molar-refractivity contribution in [3.8, 4) is 10.6 Å². The van der Waals surface area contributed by atoms with Crippen LogP contribution in [0.5, 0.6) is 0 Å². The third-order valence-electron chi connectivity index (χ3n) is 13.6. The predicted molar refractivity (Wildman–Crippen MR) is 230 cm³/mol. The molecule has 1 amide bonds. The number of amides is 1. The first-order valence-corrected chi connectivity index (χ1v) is 22.7. The zero-order valence-corrected chi connectivity index (χ0v) is 38.1. The van der Waals surface area contributed by atoms with Crippen molar-refractivity contribution in [1.29, 1.82) is 0 Å². The van der Waals surface area contributed by atoms with Crippen molar-refractivity contribution in [3.63, 3.8) is 0 Å². The van der Waals surface area contributed by atoms with Crippen LogP contribution in [0.4, 0.5) is 4.79 Å². The van der Waals surface area contributed by atoms with Gasteiger partial charge in [-0.05, 0) is 67.0 Å². The van der Waals surface area contributed by atoms with Gasteiger partial charge in [0, 0.05) is 52.8 Å². The number of hydrogen-bond acceptors (Lipinski definition) is 15. The Morgan fingerprint density at radius 3 is 2.57 bits per heavy atom. The van der Waals surface area contributed by atoms with Crippen molar-refractivity contribution < 1.29 is 48.0 Å². The Hall–Kier alpha value is -3.51. The van der Waals surface area contributed by atoms with E-state index in [0.29, 0.717) is 38.1 Å². The molecule has 16 heteroatoms. The number of esters is 1. The minimum absolute atomic E-state index is 0.00525. The van der Waals surface area contributed by atoms with E-state index in [2.05, 4.69) is 24.0 Å². The number of carbonyl (C=O) groups excluding carboxylic acids is 2. The molecule has 14 atom stereocenters. The lowest BCUT2D eigenvalue weighted by atomic mass is 9.72. The van der Waals surface area contributed by atoms with Crippen LogP contribution in [0.3, 0.4) is 0 Å². The maximum Gasteiger partial charge on any atom is 0.410 e. The number of aliphatic imine (C=N–C) groups is 1. The fourth-order valence-electron chi connectivity index (χ4n) is 10.6. The van der Waals surface area contributed by atoms with Crippen LogP contribution in [0.25, 0.3) is 10.6 Å². The number of aliphatic hydroxyl groups excluding tert-OH is 1. The Bertz CT molecular complexity index is 1910. The number of benzene rings is 1. The van der Waals surface area contributed by atoms with Gasteiger partial charge in [0.1, 0.15) is 29.5 Å². The number of aromatic nitrogens is 1. The number of aliphatic hydroxyl groups is 1. The average Bonchev–Trinajstić information content (AvgIpc) is 3.81. The summed E-state index contributed by atoms with van der Waals surface area (Å²) >= 11 is 1.55. The molecule has 15 nitrogen and oxygen atoms in total. The maximum atomic E-state index is 14.6. The summed E-state index contributed by atoms with van der Waals surface area (Å²) in [5.74, 6) is -2.26. The van der Waals surface area contributed by atoms with E-state index in [-0.39, 0.29) is 43.8 Å². The Morgan fingerprint density at radius 2 is 1.85 bits per heavy atom. The third kappa shape index (κ3) is 9.14. The van der Waals surface area contributed by atoms with Gasteiger partial charge >= 0.3 is 12.1 Å². The topological polar surface area (TPSA) is 163 Å². The Balaban J connectivity index is 1.30. The van der Waals surface area contributed by atoms with Crippen LogP contribution in [-0.2, 0) is 44.7 Å². The number of carbonyl (C=O) groups is 2. The van der Waals surface area contributed by atoms with E-state index < -0.39 is 71.8 Å². The Labute approximate surface area is 364 Å². The zero-order chi connectivity index (χ0) is 43.8. The molecule has 4 saturated heterocycles. The van der Waals surface area contributed by atoms with E-state index in [0.717, 1.165) is 21.8 Å². The van der Waals surface area contributed by atoms with Crippen LogP contribution in [0.2, 0.25) is 0 Å². The van der Waals surface area contributed by atoms with Crippen LogP contribution in [0.15, 0.2) is 46.0 Å². The number of cyclic esters (lactones) is 1. The lowest BCUT2D eigenvalue weighted by Crippen LogP contribution is -2.60. The minimum atomic E-state index is -1.14. The molecule has 336 valence electrons. The number of fused-ring (bicyclic) bond motifs is 4. The predicted octanol–water partition coefficient (Wildman–Crippen LogP) is 5.97. The van der Waals surface area contributed by atoms with Gasteiger partial charge in [-0.1, -0.05) is 57.1 Å². The lowest BCUT2D eigenvalue weighted by Gasteiger charge is -2.48. The molecule has 61 heavy (non-hydrogen) atoms. The number of likely N-dealkylation sites (N-methyl/N-ethyl adjacent to an activating group) is 1. The van der Waals surface area contributed by atoms with Gasteiger partial charge in [0.15, 0.2) is 11.9 Å². The van der Waals surface area contributed by atoms with Crippen LogP contribution < -0.4 is 0 Å². The van der Waals surface area contributed by atoms with Gasteiger partial charge in [-0.3, -0.25) is 14.7 Å². The van der Waals surface area contributed by atoms with Crippen molar-refractivity contribution >= 4 is 34.8 Å². The molecular formula is C45H65N5O10S. The second kappa shape index (κ2) is 18.7. The number of hydrogen-bond donors (Lipinski definition) is 1. The molecule has 1 aromatic carbocycles. The molecule has 5 aliphatic rings. The van der Waals surface area contributed by atoms with Crippen molar-refractivity contribution in [2.24, 2.45) is 33.8 Å². The Kier molecular flexibility index (Phi) is 13.9. The molecule has 1 N–H and O–H groups in total. The average molecular weight is 868 g/mol. The summed E-state index contributed by atoms with van der Waals surface area (Å²) in [5, 5.41) is 19.2. The van der Waals surface area contributed by atoms with Gasteiger partial charge in [0.05, 0.1) is 55.6 Å². The molecule has 0 spiro atoms. The van der Waals surface area contributed by atoms with E-state index in [1.807, 2.05) is 83.3 Å². The third-order valence-corrected chi connectivity index (χ3v) is 14.5. The molecule has 5 aliphatic heterocycles. The van der Waals surface area contributed by atoms with E-state index >= 15 is 0 Å². The monoisotopic (exact) mass is 867 g/mol. The van der Waals surface area contributed by atoms with Crippen molar-refractivity contribution in [1.82, 2.24) is 14.8 Å². The summed E-state index contributed by atoms with van der Waals surface area (Å²) in [5.41, 5.74) is 1.06. The SMILES string of the molecule is CC[C@H]1OC(=O)[C@H](C)[C@H]2OC/C(=N\OCc3ccccc3-c3nccs3)CO[C@](C)(C[C@@H](C)C3=NCCN4C(=O)O[C@@]1(C)[C@H]4[C@H]3C)[C@H](O[C@H]1O[C@@H](C)C[C@@H](N(C)C)[C@@H]1O)[C@H]2C. The summed E-state index contributed by atoms with van der Waals surface area (Å²) in [7, 11) is 3.88. The maximum absolute atomic E-state index is 14.6. The molecule has 0 saturated carbocycles. The molecule has 0 aliphatic carbocycles. The van der Waals surface area contributed by atoms with Gasteiger partial charge in [0.2, 0.25) is 0 Å². The minimum Gasteiger partial charge on any atom is -0.458 e. The Morgan fingerprint density at radius 1 is 1.08 bits per heavy atom. The molecule has 4 bridgehead atoms. The summed E-state index contributed by atoms with van der Waals surface area (Å²) in [6.45, 7) is 16.8. The fourth-order valence-corrected chi connectivity index (χ4v) is 11.3. The summed E-state index contributed by atoms with van der Waals surface area (Å²) in [4.78, 5) is 47.6. The molecule has 0 unspecified atom stereocenters. The standard InChI is InChI=1S/C45H65N5O10S/c1-11-34-45(8)38-27(4)35(46-16-18-50(38)43(53)60-45)25(2)21-44(7)39(59-42-36(51)33(49(9)10)20-26(3)57-42)28(5)37(29(6)41(52)58-34)54-23-31(24-55-44)48-56-22-30-14-12-13-15-32(30)40-47-17-19-61-40/h12-15,17,19,25-29,33-34,36-39,42,51H,11,16,18,20-24H2,1-10H3/b48-31+/t25-,26+,27+,28+,29-,33-,34-,36+,37+,38-,39-,42-,44-,45-/m1/s1. The van der Waals surface area contributed by atoms with E-state index in [1.165, 1.54) is 0 Å². The first-order chi connectivity index (χ1) is 29.1. The van der Waals surface area contributed by atoms with Crippen molar-refractivity contribution in [2.45, 2.75) is 141 Å². The highest BCUT2D eigenvalue weighted by Crippen LogP contribution is 2.45. The largest absolute Gasteiger partial charge is 0.458 e. The van der Waals surface area contributed by atoms with Gasteiger partial charge in [-0.15, -0.1) is 11.3 Å². The molecule has 2 aromatic rings. The van der Waals surface area contributed by atoms with E-state index in [4.69, 9.17) is 38.3 Å². The fraction of sp³-hybridized carbons (Fsp3) is 0.711. The van der Waals surface area contributed by atoms with Gasteiger partial charge in [-0.2, -0.15) is 0 Å². The zero-order valence-electron chi connectivity index (χ0n) is 37.3. The number of thiazole rings is 1. The number of rotatable bonds is 8. The van der Waals surface area contributed by atoms with Gasteiger partial charge in [-0.25, -0.2) is 9.78 Å². The number of oxime groups is 1. The van der Waals surface area contributed by atoms with E-state index in [9.17, 15) is 14.7 Å². The number of ether oxygens (including phenoxy) is 6. The second-order valence-electron chi connectivity index (χ2n) is 18.3. The van der Waals surface area contributed by atoms with Crippen molar-refractivity contribution in [2.75, 3.05) is 40.4 Å². The van der Waals surface area contributed by atoms with Gasteiger partial charge < -0.3 is 43.3 Å². The second-order valence-corrected chi connectivity index (χ2v) is 19.2. The number of nitrogens with zero attached hydrogens (tertiary/aromatic N) is 5. The molecule has 0 radical (unpaired) electrons. The highest BCUT2D eigenvalue weighted by molar-refractivity contribution is 7.13. The molecular weight excluding hydrogens is 803 g/mol. The van der Waals surface area contributed by atoms with Crippen LogP contribution in [-0.4, -0.2) is 144 Å². The van der Waals surface area contributed by atoms with Gasteiger partial charge in [0.25, 0.3) is 0 Å². The lowest BCUT2D eigenvalue weighted by molar-refractivity contribution is -0.302. The van der Waals surface area contributed by atoms with E-state index in [1.54, 1.807) is 29.4 Å². The smallest absolute Gasteiger partial charge is 0.410 e. The van der Waals surface area contributed by atoms with Crippen LogP contribution in [0, 0.1) is 23.7 Å². The first kappa shape index (κ1) is 45.5. The van der Waals surface area contributed by atoms with Crippen LogP contribution in [0.1, 0.15) is 80.2 Å². The van der Waals surface area contributed by atoms with Crippen LogP contribution >= 0.6 is 11.3 Å². The highest BCUT2D eigenvalue weighted by atomic mass is 32.1. The van der Waals surface area contributed by atoms with Crippen molar-refractivity contribution in [3.05, 3.63) is 41.4 Å². The molecule has 4 fully saturated rings. The molecule has 6 heterocycles. The normalized spacial score (nSPS) is 39.4. The highest BCUT2D eigenvalue weighted by Gasteiger charge is 2.60. The summed E-state index contributed by atoms with van der Waals surface area (Å²) in [6, 6.07) is 7.27. The first-order valence-electron chi connectivity index (χ1n) is 21.9. The summed E-state index contributed by atoms with van der Waals surface area (Å²) < 4.78 is 40.0. The quantitative estimate of drug-likeness (QED) is 0.245. The molecule has 1 aromatic heterocycles. The summed E-state index contributed by atoms with van der Waals surface area (Å²) in [6.07, 6.45) is -1.68.